The van der Waals surface area contributed by atoms with E-state index in [0.29, 0.717) is 46.2 Å². The van der Waals surface area contributed by atoms with Gasteiger partial charge >= 0.3 is 0 Å². The molecule has 1 unspecified atom stereocenters. The zero-order valence-electron chi connectivity index (χ0n) is 25.8. The fourth-order valence-corrected chi connectivity index (χ4v) is 5.77. The molecule has 0 saturated carbocycles. The average molecular weight is 705 g/mol. The summed E-state index contributed by atoms with van der Waals surface area (Å²) in [5, 5.41) is 8.21. The summed E-state index contributed by atoms with van der Waals surface area (Å²) in [6, 6.07) is 26.5. The maximum absolute atomic E-state index is 13.7. The molecule has 0 heterocycles. The number of amides is 3. The topological polar surface area (TPSA) is 115 Å². The highest BCUT2D eigenvalue weighted by Gasteiger charge is 2.21. The number of rotatable bonds is 13. The van der Waals surface area contributed by atoms with Gasteiger partial charge in [-0.25, -0.2) is 0 Å². The molecule has 0 aliphatic carbocycles. The van der Waals surface area contributed by atoms with Crippen LogP contribution in [0.1, 0.15) is 29.3 Å². The van der Waals surface area contributed by atoms with E-state index in [9.17, 15) is 14.4 Å². The van der Waals surface area contributed by atoms with Crippen molar-refractivity contribution < 1.29 is 28.6 Å². The summed E-state index contributed by atoms with van der Waals surface area (Å²) in [6.07, 6.45) is 2.10. The third-order valence-electron chi connectivity index (χ3n) is 6.73. The number of methoxy groups -OCH3 is 3. The Kier molecular flexibility index (Phi) is 12.3. The van der Waals surface area contributed by atoms with Crippen LogP contribution in [0.3, 0.4) is 0 Å². The van der Waals surface area contributed by atoms with E-state index in [-0.39, 0.29) is 16.9 Å². The summed E-state index contributed by atoms with van der Waals surface area (Å²) in [5.74, 6) is 0.103. The number of thioether (sulfide) groups is 1. The van der Waals surface area contributed by atoms with Crippen LogP contribution in [0.2, 0.25) is 0 Å². The second kappa shape index (κ2) is 16.5. The van der Waals surface area contributed by atoms with Crippen molar-refractivity contribution in [1.29, 1.82) is 0 Å². The minimum atomic E-state index is -0.568. The maximum Gasteiger partial charge on any atom is 0.272 e. The third-order valence-corrected chi connectivity index (χ3v) is 8.78. The standard InChI is InChI=1S/C35H34BrN3O6S/c1-5-32(35(42)38-27-17-10-9-16-26(27)36)46-25-15-11-14-24(20-25)37-34(41)28(39-33(40)22-12-7-6-8-13-22)18-23-19-30(44-3)31(45-4)21-29(23)43-2/h6-21,32H,5H2,1-4H3,(H,37,41)(H,38,42)(H,39,40)/b28-18+. The number of carbonyl (C=O) groups is 3. The normalized spacial score (nSPS) is 11.6. The molecule has 9 nitrogen and oxygen atoms in total. The second-order valence-corrected chi connectivity index (χ2v) is 11.9. The van der Waals surface area contributed by atoms with Gasteiger partial charge in [-0.15, -0.1) is 11.8 Å². The molecule has 0 fully saturated rings. The number of halogens is 1. The van der Waals surface area contributed by atoms with E-state index in [1.807, 2.05) is 37.3 Å². The van der Waals surface area contributed by atoms with Crippen LogP contribution in [0.5, 0.6) is 17.2 Å². The lowest BCUT2D eigenvalue weighted by Crippen LogP contribution is -2.30. The summed E-state index contributed by atoms with van der Waals surface area (Å²) in [4.78, 5) is 40.8. The highest BCUT2D eigenvalue weighted by molar-refractivity contribution is 9.10. The van der Waals surface area contributed by atoms with Gasteiger partial charge in [0.25, 0.3) is 11.8 Å². The van der Waals surface area contributed by atoms with E-state index >= 15 is 0 Å². The molecule has 0 spiro atoms. The van der Waals surface area contributed by atoms with Gasteiger partial charge in [0.05, 0.1) is 32.3 Å². The zero-order chi connectivity index (χ0) is 33.1. The molecule has 0 radical (unpaired) electrons. The Morgan fingerprint density at radius 1 is 0.804 bits per heavy atom. The number of hydrogen-bond acceptors (Lipinski definition) is 7. The van der Waals surface area contributed by atoms with Crippen LogP contribution >= 0.6 is 27.7 Å². The molecule has 0 aromatic heterocycles. The Morgan fingerprint density at radius 3 is 2.15 bits per heavy atom. The van der Waals surface area contributed by atoms with Crippen molar-refractivity contribution in [3.63, 3.8) is 0 Å². The van der Waals surface area contributed by atoms with Crippen LogP contribution in [-0.2, 0) is 9.59 Å². The monoisotopic (exact) mass is 703 g/mol. The minimum absolute atomic E-state index is 0.0309. The van der Waals surface area contributed by atoms with Crippen molar-refractivity contribution in [2.45, 2.75) is 23.5 Å². The van der Waals surface area contributed by atoms with E-state index in [4.69, 9.17) is 14.2 Å². The van der Waals surface area contributed by atoms with Gasteiger partial charge in [0, 0.05) is 32.2 Å². The highest BCUT2D eigenvalue weighted by Crippen LogP contribution is 2.36. The van der Waals surface area contributed by atoms with E-state index < -0.39 is 11.8 Å². The Hall–Kier alpha value is -4.74. The lowest BCUT2D eigenvalue weighted by Gasteiger charge is -2.17. The molecule has 0 bridgehead atoms. The van der Waals surface area contributed by atoms with Gasteiger partial charge < -0.3 is 30.2 Å². The molecule has 3 amide bonds. The summed E-state index contributed by atoms with van der Waals surface area (Å²) in [5.41, 5.74) is 2.00. The number of para-hydroxylation sites is 1. The average Bonchev–Trinajstić information content (AvgIpc) is 3.08. The van der Waals surface area contributed by atoms with Crippen molar-refractivity contribution >= 4 is 62.9 Å². The van der Waals surface area contributed by atoms with Crippen LogP contribution in [0.15, 0.2) is 106 Å². The smallest absolute Gasteiger partial charge is 0.272 e. The maximum atomic E-state index is 13.7. The quantitative estimate of drug-likeness (QED) is 0.0982. The molecule has 3 N–H and O–H groups in total. The van der Waals surface area contributed by atoms with Gasteiger partial charge in [-0.3, -0.25) is 14.4 Å². The molecular formula is C35H34BrN3O6S. The molecule has 0 aliphatic rings. The first kappa shape index (κ1) is 34.1. The van der Waals surface area contributed by atoms with Crippen LogP contribution in [0, 0.1) is 0 Å². The number of ether oxygens (including phenoxy) is 3. The first-order valence-corrected chi connectivity index (χ1v) is 15.9. The van der Waals surface area contributed by atoms with Crippen LogP contribution in [-0.4, -0.2) is 44.3 Å². The van der Waals surface area contributed by atoms with E-state index in [2.05, 4.69) is 31.9 Å². The van der Waals surface area contributed by atoms with Gasteiger partial charge in [0.15, 0.2) is 11.5 Å². The molecule has 46 heavy (non-hydrogen) atoms. The highest BCUT2D eigenvalue weighted by atomic mass is 79.9. The van der Waals surface area contributed by atoms with Crippen LogP contribution in [0.25, 0.3) is 6.08 Å². The Bertz CT molecular complexity index is 1730. The number of benzene rings is 4. The molecule has 4 rings (SSSR count). The largest absolute Gasteiger partial charge is 0.496 e. The second-order valence-electron chi connectivity index (χ2n) is 9.79. The predicted octanol–water partition coefficient (Wildman–Crippen LogP) is 7.39. The van der Waals surface area contributed by atoms with Crippen molar-refractivity contribution in [3.05, 3.63) is 112 Å². The van der Waals surface area contributed by atoms with Crippen molar-refractivity contribution in [2.24, 2.45) is 0 Å². The first-order valence-electron chi connectivity index (χ1n) is 14.3. The minimum Gasteiger partial charge on any atom is -0.496 e. The van der Waals surface area contributed by atoms with E-state index in [0.717, 1.165) is 9.37 Å². The fourth-order valence-electron chi connectivity index (χ4n) is 4.37. The number of anilines is 2. The van der Waals surface area contributed by atoms with Crippen molar-refractivity contribution in [3.8, 4) is 17.2 Å². The molecule has 11 heteroatoms. The van der Waals surface area contributed by atoms with E-state index in [1.165, 1.54) is 39.2 Å². The molecule has 0 saturated heterocycles. The summed E-state index contributed by atoms with van der Waals surface area (Å²) in [7, 11) is 4.50. The number of carbonyl (C=O) groups excluding carboxylic acids is 3. The van der Waals surface area contributed by atoms with Gasteiger partial charge in [-0.1, -0.05) is 43.3 Å². The Labute approximate surface area is 280 Å². The molecule has 4 aromatic rings. The summed E-state index contributed by atoms with van der Waals surface area (Å²) < 4.78 is 17.2. The Morgan fingerprint density at radius 2 is 1.48 bits per heavy atom. The molecule has 4 aromatic carbocycles. The van der Waals surface area contributed by atoms with Gasteiger partial charge in [-0.05, 0) is 77.0 Å². The predicted molar refractivity (Wildman–Crippen MR) is 186 cm³/mol. The van der Waals surface area contributed by atoms with Crippen molar-refractivity contribution in [1.82, 2.24) is 5.32 Å². The third kappa shape index (κ3) is 8.92. The van der Waals surface area contributed by atoms with Gasteiger partial charge in [0.2, 0.25) is 5.91 Å². The number of nitrogens with one attached hydrogen (secondary N) is 3. The molecule has 1 atom stereocenters. The SMILES string of the molecule is CCC(Sc1cccc(NC(=O)/C(=C\c2cc(OC)c(OC)cc2OC)NC(=O)c2ccccc2)c1)C(=O)Nc1ccccc1Br. The zero-order valence-corrected chi connectivity index (χ0v) is 28.2. The number of hydrogen-bond donors (Lipinski definition) is 3. The lowest BCUT2D eigenvalue weighted by molar-refractivity contribution is -0.116. The van der Waals surface area contributed by atoms with Crippen LogP contribution in [0.4, 0.5) is 11.4 Å². The molecular weight excluding hydrogens is 670 g/mol. The van der Waals surface area contributed by atoms with Crippen LogP contribution < -0.4 is 30.2 Å². The fraction of sp³-hybridized carbons (Fsp3) is 0.171. The molecule has 238 valence electrons. The lowest BCUT2D eigenvalue weighted by atomic mass is 10.1. The molecule has 0 aliphatic heterocycles. The van der Waals surface area contributed by atoms with E-state index in [1.54, 1.807) is 60.7 Å². The summed E-state index contributed by atoms with van der Waals surface area (Å²) >= 11 is 4.86. The summed E-state index contributed by atoms with van der Waals surface area (Å²) in [6.45, 7) is 1.94. The van der Waals surface area contributed by atoms with Gasteiger partial charge in [0.1, 0.15) is 11.4 Å². The Balaban J connectivity index is 1.60. The van der Waals surface area contributed by atoms with Gasteiger partial charge in [-0.2, -0.15) is 0 Å². The first-order chi connectivity index (χ1) is 22.3. The van der Waals surface area contributed by atoms with Crippen molar-refractivity contribution in [2.75, 3.05) is 32.0 Å².